The summed E-state index contributed by atoms with van der Waals surface area (Å²) in [5, 5.41) is 77.9. The summed E-state index contributed by atoms with van der Waals surface area (Å²) in [6, 6.07) is 0. The van der Waals surface area contributed by atoms with Crippen LogP contribution in [0.4, 0.5) is 0 Å². The van der Waals surface area contributed by atoms with E-state index in [-0.39, 0.29) is 51.4 Å². The van der Waals surface area contributed by atoms with Crippen molar-refractivity contribution in [3.63, 3.8) is 0 Å². The average Bonchev–Trinajstić information content (AvgIpc) is 3.44. The number of aliphatic hydroxyl groups is 7. The maximum Gasteiger partial charge on any atom is 0.303 e. The number of fused-ring (bicyclic) bond motifs is 4. The lowest BCUT2D eigenvalue weighted by Gasteiger charge is -2.73. The van der Waals surface area contributed by atoms with E-state index in [4.69, 9.17) is 28.4 Å². The standard InChI is InChI=1S/C44H70O14/c1-22-30(49)34(58-37-33(52)35(55-23(2)47)31(50)24(19-45)56-37)32(51)36(54-22)57-29-11-12-39(5)25(40(29,6)20-46)9-13-41(7)26(39)10-14-44-27-17-38(3,4)15-16-43(27,21-53-44)28(48)18-42(41,44)8/h10,14,22,24-37,45-46,48-52H,9,11-13,15-21H2,1-8H3/t22-,24-,25-,26-,27-,28+,29+,30+,31-,32-,33-,34+,35+,36+,37+,39+,40+,41-,42+,43-,44+/m1/s1. The van der Waals surface area contributed by atoms with Gasteiger partial charge in [0.05, 0.1) is 43.7 Å². The maximum atomic E-state index is 12.2. The molecule has 0 aromatic carbocycles. The van der Waals surface area contributed by atoms with E-state index in [1.165, 1.54) is 0 Å². The minimum atomic E-state index is -1.72. The Morgan fingerprint density at radius 1 is 0.793 bits per heavy atom. The van der Waals surface area contributed by atoms with Crippen molar-refractivity contribution < 1.29 is 69.0 Å². The molecule has 0 unspecified atom stereocenters. The van der Waals surface area contributed by atoms with Gasteiger partial charge in [-0.3, -0.25) is 4.79 Å². The van der Waals surface area contributed by atoms with Crippen molar-refractivity contribution >= 4 is 5.97 Å². The Labute approximate surface area is 342 Å². The predicted octanol–water partition coefficient (Wildman–Crippen LogP) is 2.35. The summed E-state index contributed by atoms with van der Waals surface area (Å²) in [4.78, 5) is 11.8. The lowest BCUT2D eigenvalue weighted by Crippen LogP contribution is -2.72. The van der Waals surface area contributed by atoms with Gasteiger partial charge in [0.25, 0.3) is 0 Å². The fourth-order valence-electron chi connectivity index (χ4n) is 14.6. The normalized spacial score (nSPS) is 57.1. The largest absolute Gasteiger partial charge is 0.457 e. The fourth-order valence-corrected chi connectivity index (χ4v) is 14.6. The summed E-state index contributed by atoms with van der Waals surface area (Å²) in [5.74, 6) is -0.369. The van der Waals surface area contributed by atoms with E-state index in [0.717, 1.165) is 45.4 Å². The van der Waals surface area contributed by atoms with E-state index in [1.54, 1.807) is 6.92 Å². The molecule has 58 heavy (non-hydrogen) atoms. The first-order chi connectivity index (χ1) is 27.1. The van der Waals surface area contributed by atoms with Crippen LogP contribution in [0.25, 0.3) is 0 Å². The maximum absolute atomic E-state index is 12.2. The first kappa shape index (κ1) is 43.4. The van der Waals surface area contributed by atoms with Gasteiger partial charge in [-0.2, -0.15) is 0 Å². The first-order valence-corrected chi connectivity index (χ1v) is 21.8. The highest BCUT2D eigenvalue weighted by atomic mass is 16.7. The Balaban J connectivity index is 1.04. The summed E-state index contributed by atoms with van der Waals surface area (Å²) in [5.41, 5.74) is -1.99. The molecule has 0 amide bonds. The van der Waals surface area contributed by atoms with Crippen molar-refractivity contribution in [3.05, 3.63) is 12.2 Å². The molecule has 14 nitrogen and oxygen atoms in total. The van der Waals surface area contributed by atoms with Gasteiger partial charge in [-0.15, -0.1) is 0 Å². The van der Waals surface area contributed by atoms with Crippen LogP contribution in [0, 0.1) is 50.2 Å². The van der Waals surface area contributed by atoms with Crippen LogP contribution < -0.4 is 0 Å². The highest BCUT2D eigenvalue weighted by Gasteiger charge is 2.79. The zero-order valence-electron chi connectivity index (χ0n) is 35.6. The van der Waals surface area contributed by atoms with Crippen LogP contribution in [0.5, 0.6) is 0 Å². The Morgan fingerprint density at radius 3 is 2.16 bits per heavy atom. The van der Waals surface area contributed by atoms with Crippen LogP contribution in [-0.4, -0.2) is 141 Å². The Morgan fingerprint density at radius 2 is 1.48 bits per heavy atom. The molecular weight excluding hydrogens is 752 g/mol. The fraction of sp³-hybridized carbons (Fsp3) is 0.932. The smallest absolute Gasteiger partial charge is 0.303 e. The van der Waals surface area contributed by atoms with Crippen LogP contribution in [0.15, 0.2) is 12.2 Å². The zero-order chi connectivity index (χ0) is 42.2. The molecule has 21 atom stereocenters. The Bertz CT molecular complexity index is 1610. The highest BCUT2D eigenvalue weighted by Crippen LogP contribution is 2.79. The van der Waals surface area contributed by atoms with Gasteiger partial charge in [0, 0.05) is 29.1 Å². The minimum absolute atomic E-state index is 0.0245. The highest BCUT2D eigenvalue weighted by molar-refractivity contribution is 5.66. The molecule has 7 fully saturated rings. The third-order valence-electron chi connectivity index (χ3n) is 18.2. The summed E-state index contributed by atoms with van der Waals surface area (Å²) >= 11 is 0. The number of esters is 1. The van der Waals surface area contributed by atoms with Gasteiger partial charge in [0.2, 0.25) is 0 Å². The molecule has 0 aromatic rings. The van der Waals surface area contributed by atoms with Gasteiger partial charge in [0.1, 0.15) is 36.6 Å². The topological polar surface area (TPSA) is 214 Å². The summed E-state index contributed by atoms with van der Waals surface area (Å²) in [6.07, 6.45) is -3.53. The van der Waals surface area contributed by atoms with Gasteiger partial charge >= 0.3 is 5.97 Å². The van der Waals surface area contributed by atoms with E-state index < -0.39 is 97.2 Å². The number of carbonyl (C=O) groups is 1. The van der Waals surface area contributed by atoms with Gasteiger partial charge in [-0.05, 0) is 86.4 Å². The minimum Gasteiger partial charge on any atom is -0.457 e. The molecule has 330 valence electrons. The van der Waals surface area contributed by atoms with Crippen LogP contribution in [-0.2, 0) is 33.2 Å². The molecular formula is C44H70O14. The van der Waals surface area contributed by atoms with Crippen molar-refractivity contribution in [2.75, 3.05) is 19.8 Å². The molecule has 0 aromatic heterocycles. The molecule has 8 aliphatic rings. The average molecular weight is 823 g/mol. The number of ether oxygens (including phenoxy) is 6. The number of aliphatic hydroxyl groups excluding tert-OH is 7. The van der Waals surface area contributed by atoms with E-state index in [1.807, 2.05) is 0 Å². The number of hydrogen-bond acceptors (Lipinski definition) is 14. The molecule has 3 saturated heterocycles. The van der Waals surface area contributed by atoms with E-state index in [2.05, 4.69) is 53.7 Å². The van der Waals surface area contributed by atoms with Crippen molar-refractivity contribution in [2.45, 2.75) is 186 Å². The third-order valence-corrected chi connectivity index (χ3v) is 18.2. The quantitative estimate of drug-likeness (QED) is 0.112. The van der Waals surface area contributed by atoms with E-state index >= 15 is 0 Å². The molecule has 1 spiro atoms. The van der Waals surface area contributed by atoms with Crippen LogP contribution in [0.1, 0.15) is 107 Å². The Hall–Kier alpha value is -1.27. The number of allylic oxidation sites excluding steroid dienone is 1. The summed E-state index contributed by atoms with van der Waals surface area (Å²) in [7, 11) is 0. The first-order valence-electron chi connectivity index (χ1n) is 21.8. The molecule has 14 heteroatoms. The van der Waals surface area contributed by atoms with Crippen molar-refractivity contribution in [2.24, 2.45) is 50.2 Å². The van der Waals surface area contributed by atoms with Crippen molar-refractivity contribution in [3.8, 4) is 0 Å². The number of rotatable bonds is 7. The predicted molar refractivity (Wildman–Crippen MR) is 206 cm³/mol. The summed E-state index contributed by atoms with van der Waals surface area (Å²) < 4.78 is 36.6. The second kappa shape index (κ2) is 14.4. The molecule has 3 heterocycles. The molecule has 7 N–H and O–H groups in total. The van der Waals surface area contributed by atoms with Crippen LogP contribution >= 0.6 is 0 Å². The van der Waals surface area contributed by atoms with E-state index in [0.29, 0.717) is 19.4 Å². The van der Waals surface area contributed by atoms with Crippen molar-refractivity contribution in [1.82, 2.24) is 0 Å². The van der Waals surface area contributed by atoms with Gasteiger partial charge in [-0.1, -0.05) is 53.7 Å². The van der Waals surface area contributed by atoms with Crippen molar-refractivity contribution in [1.29, 1.82) is 0 Å². The second-order valence-corrected chi connectivity index (χ2v) is 21.5. The molecule has 8 rings (SSSR count). The van der Waals surface area contributed by atoms with E-state index in [9.17, 15) is 40.5 Å². The second-order valence-electron chi connectivity index (χ2n) is 21.5. The van der Waals surface area contributed by atoms with Gasteiger partial charge in [-0.25, -0.2) is 0 Å². The molecule has 2 bridgehead atoms. The Kier molecular flexibility index (Phi) is 10.8. The lowest BCUT2D eigenvalue weighted by molar-refractivity contribution is -0.367. The van der Waals surface area contributed by atoms with Gasteiger partial charge in [0.15, 0.2) is 18.7 Å². The monoisotopic (exact) mass is 822 g/mol. The third kappa shape index (κ3) is 5.89. The number of hydrogen-bond donors (Lipinski definition) is 7. The number of carbonyl (C=O) groups excluding carboxylic acids is 1. The van der Waals surface area contributed by atoms with Crippen LogP contribution in [0.3, 0.4) is 0 Å². The molecule has 5 aliphatic carbocycles. The van der Waals surface area contributed by atoms with Gasteiger partial charge < -0.3 is 64.2 Å². The summed E-state index contributed by atoms with van der Waals surface area (Å²) in [6.45, 7) is 16.4. The molecule has 4 saturated carbocycles. The molecule has 3 aliphatic heterocycles. The lowest BCUT2D eigenvalue weighted by atomic mass is 9.32. The SMILES string of the molecule is CC(=O)O[C@@H]1[C@@H](O)[C@H](O[C@H]2[C@@H](O)[C@@H](C)O[C@@H](O[C@H]3CC[C@@]4(C)[C@@H](CC[C@]5(C)[C@@H]4C=C[C@]46OC[C@@]7(CCC(C)(C)C[C@H]74)[C@@H](O)C[C@]65C)[C@]3(C)CO)[C@@H]2O)O[C@H](CO)[C@H]1O. The van der Waals surface area contributed by atoms with Crippen LogP contribution in [0.2, 0.25) is 0 Å². The molecule has 0 radical (unpaired) electrons. The zero-order valence-corrected chi connectivity index (χ0v) is 35.6.